The van der Waals surface area contributed by atoms with E-state index >= 15 is 0 Å². The third-order valence-electron chi connectivity index (χ3n) is 2.72. The lowest BCUT2D eigenvalue weighted by Crippen LogP contribution is -2.37. The van der Waals surface area contributed by atoms with Crippen molar-refractivity contribution >= 4 is 17.4 Å². The number of nitrogens with zero attached hydrogens (tertiary/aromatic N) is 1. The van der Waals surface area contributed by atoms with E-state index in [9.17, 15) is 0 Å². The van der Waals surface area contributed by atoms with Gasteiger partial charge in [-0.25, -0.2) is 0 Å². The summed E-state index contributed by atoms with van der Waals surface area (Å²) in [6.07, 6.45) is 0.459. The quantitative estimate of drug-likeness (QED) is 0.718. The molecule has 0 aliphatic carbocycles. The van der Waals surface area contributed by atoms with Crippen molar-refractivity contribution in [3.8, 4) is 0 Å². The third kappa shape index (κ3) is 1.30. The minimum absolute atomic E-state index is 0.459. The van der Waals surface area contributed by atoms with Crippen LogP contribution in [0, 0.1) is 0 Å². The maximum atomic E-state index is 3.46. The summed E-state index contributed by atoms with van der Waals surface area (Å²) in [4.78, 5) is 2.41. The molecule has 74 valence electrons. The van der Waals surface area contributed by atoms with Crippen molar-refractivity contribution in [1.82, 2.24) is 10.6 Å². The maximum absolute atomic E-state index is 3.46. The molecule has 0 radical (unpaired) electrons. The fourth-order valence-corrected chi connectivity index (χ4v) is 3.22. The third-order valence-corrected chi connectivity index (χ3v) is 3.92. The molecular formula is C10H13N3S. The van der Waals surface area contributed by atoms with Crippen LogP contribution in [-0.4, -0.2) is 24.1 Å². The van der Waals surface area contributed by atoms with E-state index in [-0.39, 0.29) is 0 Å². The van der Waals surface area contributed by atoms with Crippen LogP contribution in [0.1, 0.15) is 0 Å². The number of hydrogen-bond acceptors (Lipinski definition) is 4. The summed E-state index contributed by atoms with van der Waals surface area (Å²) in [6, 6.07) is 10.6. The van der Waals surface area contributed by atoms with E-state index in [1.807, 2.05) is 11.8 Å². The number of fused-ring (bicyclic) bond motifs is 1. The molecule has 3 rings (SSSR count). The van der Waals surface area contributed by atoms with Gasteiger partial charge in [-0.2, -0.15) is 0 Å². The molecule has 1 aromatic carbocycles. The highest BCUT2D eigenvalue weighted by atomic mass is 32.2. The Morgan fingerprint density at radius 1 is 1.21 bits per heavy atom. The Labute approximate surface area is 87.9 Å². The van der Waals surface area contributed by atoms with Gasteiger partial charge in [0, 0.05) is 11.6 Å². The molecular weight excluding hydrogens is 194 g/mol. The highest BCUT2D eigenvalue weighted by molar-refractivity contribution is 8.00. The molecule has 2 atom stereocenters. The maximum Gasteiger partial charge on any atom is 0.106 e. The van der Waals surface area contributed by atoms with E-state index in [0.29, 0.717) is 11.5 Å². The van der Waals surface area contributed by atoms with Crippen LogP contribution >= 0.6 is 11.8 Å². The van der Waals surface area contributed by atoms with Gasteiger partial charge in [0.05, 0.1) is 12.8 Å². The zero-order chi connectivity index (χ0) is 9.38. The Kier molecular flexibility index (Phi) is 2.12. The molecule has 14 heavy (non-hydrogen) atoms. The lowest BCUT2D eigenvalue weighted by Gasteiger charge is -2.23. The van der Waals surface area contributed by atoms with Crippen LogP contribution in [0.2, 0.25) is 0 Å². The van der Waals surface area contributed by atoms with Gasteiger partial charge in [-0.05, 0) is 12.1 Å². The predicted molar refractivity (Wildman–Crippen MR) is 60.1 cm³/mol. The summed E-state index contributed by atoms with van der Waals surface area (Å²) < 4.78 is 0. The summed E-state index contributed by atoms with van der Waals surface area (Å²) in [6.45, 7) is 0.944. The summed E-state index contributed by atoms with van der Waals surface area (Å²) in [5, 5.41) is 7.44. The van der Waals surface area contributed by atoms with E-state index in [2.05, 4.69) is 45.9 Å². The lowest BCUT2D eigenvalue weighted by molar-refractivity contribution is 0.552. The zero-order valence-electron chi connectivity index (χ0n) is 7.81. The van der Waals surface area contributed by atoms with Gasteiger partial charge in [0.15, 0.2) is 0 Å². The van der Waals surface area contributed by atoms with Crippen LogP contribution in [-0.2, 0) is 0 Å². The second kappa shape index (κ2) is 3.46. The molecule has 1 aromatic rings. The number of nitrogens with one attached hydrogen (secondary N) is 2. The van der Waals surface area contributed by atoms with Gasteiger partial charge in [-0.3, -0.25) is 10.6 Å². The zero-order valence-corrected chi connectivity index (χ0v) is 8.63. The topological polar surface area (TPSA) is 27.3 Å². The Morgan fingerprint density at radius 3 is 2.93 bits per heavy atom. The highest BCUT2D eigenvalue weighted by Crippen LogP contribution is 2.31. The molecule has 2 fully saturated rings. The van der Waals surface area contributed by atoms with Gasteiger partial charge in [0.1, 0.15) is 5.37 Å². The second-order valence-corrected chi connectivity index (χ2v) is 4.66. The van der Waals surface area contributed by atoms with Gasteiger partial charge in [-0.15, -0.1) is 11.8 Å². The SMILES string of the molecule is c1ccc(N2CNC3NCSC32)cc1. The average Bonchev–Trinajstić information content (AvgIpc) is 2.79. The standard InChI is InChI=1S/C10H13N3S/c1-2-4-8(5-3-1)13-6-11-9-10(13)14-7-12-9/h1-5,9-12H,6-7H2. The molecule has 0 bridgehead atoms. The Bertz CT molecular complexity index is 316. The highest BCUT2D eigenvalue weighted by Gasteiger charge is 2.37. The molecule has 2 aliphatic heterocycles. The van der Waals surface area contributed by atoms with Gasteiger partial charge in [0.25, 0.3) is 0 Å². The molecule has 2 aliphatic rings. The molecule has 0 aromatic heterocycles. The van der Waals surface area contributed by atoms with E-state index in [1.165, 1.54) is 5.69 Å². The fraction of sp³-hybridized carbons (Fsp3) is 0.400. The van der Waals surface area contributed by atoms with Gasteiger partial charge in [0.2, 0.25) is 0 Å². The van der Waals surface area contributed by atoms with Crippen LogP contribution in [0.3, 0.4) is 0 Å². The molecule has 0 amide bonds. The summed E-state index contributed by atoms with van der Waals surface area (Å²) in [7, 11) is 0. The van der Waals surface area contributed by atoms with E-state index < -0.39 is 0 Å². The number of hydrogen-bond donors (Lipinski definition) is 2. The largest absolute Gasteiger partial charge is 0.344 e. The average molecular weight is 207 g/mol. The van der Waals surface area contributed by atoms with Crippen LogP contribution < -0.4 is 15.5 Å². The van der Waals surface area contributed by atoms with Gasteiger partial charge in [-0.1, -0.05) is 18.2 Å². The lowest BCUT2D eigenvalue weighted by atomic mass is 10.3. The molecule has 2 heterocycles. The number of benzene rings is 1. The Morgan fingerprint density at radius 2 is 2.07 bits per heavy atom. The minimum atomic E-state index is 0.459. The van der Waals surface area contributed by atoms with E-state index in [4.69, 9.17) is 0 Å². The van der Waals surface area contributed by atoms with Gasteiger partial charge < -0.3 is 4.90 Å². The van der Waals surface area contributed by atoms with Crippen LogP contribution in [0.15, 0.2) is 30.3 Å². The molecule has 2 saturated heterocycles. The van der Waals surface area contributed by atoms with Crippen molar-refractivity contribution in [2.45, 2.75) is 11.5 Å². The van der Waals surface area contributed by atoms with Gasteiger partial charge >= 0.3 is 0 Å². The van der Waals surface area contributed by atoms with Crippen LogP contribution in [0.4, 0.5) is 5.69 Å². The fourth-order valence-electron chi connectivity index (χ4n) is 2.01. The summed E-state index contributed by atoms with van der Waals surface area (Å²) in [5.74, 6) is 1.05. The first-order chi connectivity index (χ1) is 6.95. The first-order valence-corrected chi connectivity index (χ1v) is 5.90. The number of thioether (sulfide) groups is 1. The molecule has 2 unspecified atom stereocenters. The normalized spacial score (nSPS) is 30.7. The van der Waals surface area contributed by atoms with E-state index in [1.54, 1.807) is 0 Å². The molecule has 0 saturated carbocycles. The van der Waals surface area contributed by atoms with Crippen LogP contribution in [0.25, 0.3) is 0 Å². The second-order valence-electron chi connectivity index (χ2n) is 3.55. The predicted octanol–water partition coefficient (Wildman–Crippen LogP) is 1.000. The molecule has 0 spiro atoms. The van der Waals surface area contributed by atoms with Crippen molar-refractivity contribution in [3.05, 3.63) is 30.3 Å². The van der Waals surface area contributed by atoms with Crippen molar-refractivity contribution in [2.75, 3.05) is 17.4 Å². The Balaban J connectivity index is 1.86. The molecule has 4 heteroatoms. The summed E-state index contributed by atoms with van der Waals surface area (Å²) >= 11 is 1.97. The van der Waals surface area contributed by atoms with Crippen molar-refractivity contribution in [2.24, 2.45) is 0 Å². The summed E-state index contributed by atoms with van der Waals surface area (Å²) in [5.41, 5.74) is 1.31. The molecule has 3 nitrogen and oxygen atoms in total. The first-order valence-electron chi connectivity index (χ1n) is 4.85. The molecule has 2 N–H and O–H groups in total. The van der Waals surface area contributed by atoms with Crippen molar-refractivity contribution < 1.29 is 0 Å². The monoisotopic (exact) mass is 207 g/mol. The van der Waals surface area contributed by atoms with Crippen molar-refractivity contribution in [3.63, 3.8) is 0 Å². The smallest absolute Gasteiger partial charge is 0.106 e. The van der Waals surface area contributed by atoms with E-state index in [0.717, 1.165) is 12.5 Å². The van der Waals surface area contributed by atoms with Crippen LogP contribution in [0.5, 0.6) is 0 Å². The first kappa shape index (κ1) is 8.59. The Hall–Kier alpha value is -0.710. The van der Waals surface area contributed by atoms with Crippen molar-refractivity contribution in [1.29, 1.82) is 0 Å². The number of rotatable bonds is 1. The number of anilines is 1. The minimum Gasteiger partial charge on any atom is -0.344 e. The number of para-hydroxylation sites is 1.